The van der Waals surface area contributed by atoms with Gasteiger partial charge in [-0.2, -0.15) is 0 Å². The number of fused-ring (bicyclic) bond motifs is 2. The van der Waals surface area contributed by atoms with E-state index in [-0.39, 0.29) is 11.9 Å². The van der Waals surface area contributed by atoms with Gasteiger partial charge in [-0.1, -0.05) is 42.5 Å². The lowest BCUT2D eigenvalue weighted by Gasteiger charge is -2.41. The monoisotopic (exact) mass is 395 g/mol. The highest BCUT2D eigenvalue weighted by Gasteiger charge is 2.46. The van der Waals surface area contributed by atoms with Gasteiger partial charge in [0.15, 0.2) is 0 Å². The number of ether oxygens (including phenoxy) is 1. The molecule has 1 aromatic rings. The molecule has 0 N–H and O–H groups in total. The Hall–Kier alpha value is -2.10. The fourth-order valence-electron chi connectivity index (χ4n) is 5.57. The third kappa shape index (κ3) is 4.26. The molecule has 0 spiro atoms. The van der Waals surface area contributed by atoms with Gasteiger partial charge in [-0.05, 0) is 69.3 Å². The fourth-order valence-corrected chi connectivity index (χ4v) is 5.57. The number of hydrogen-bond acceptors (Lipinski definition) is 3. The van der Waals surface area contributed by atoms with E-state index >= 15 is 0 Å². The van der Waals surface area contributed by atoms with Crippen molar-refractivity contribution in [2.24, 2.45) is 23.2 Å². The Kier molecular flexibility index (Phi) is 6.07. The van der Waals surface area contributed by atoms with Gasteiger partial charge < -0.3 is 9.64 Å². The van der Waals surface area contributed by atoms with Crippen LogP contribution in [0.25, 0.3) is 0 Å². The summed E-state index contributed by atoms with van der Waals surface area (Å²) in [6.45, 7) is 3.65. The number of nitrogens with zero attached hydrogens (tertiary/aromatic N) is 1. The van der Waals surface area contributed by atoms with Gasteiger partial charge in [0.2, 0.25) is 5.91 Å². The predicted molar refractivity (Wildman–Crippen MR) is 113 cm³/mol. The zero-order valence-electron chi connectivity index (χ0n) is 17.5. The number of allylic oxidation sites excluding steroid dienone is 2. The van der Waals surface area contributed by atoms with Crippen LogP contribution in [0, 0.1) is 23.2 Å². The summed E-state index contributed by atoms with van der Waals surface area (Å²) < 4.78 is 5.47. The number of carbonyl (C=O) groups is 2. The van der Waals surface area contributed by atoms with Crippen LogP contribution in [0.4, 0.5) is 0 Å². The van der Waals surface area contributed by atoms with Gasteiger partial charge in [-0.25, -0.2) is 0 Å². The molecular weight excluding hydrogens is 362 g/mol. The Labute approximate surface area is 174 Å². The quantitative estimate of drug-likeness (QED) is 0.508. The number of amides is 1. The first kappa shape index (κ1) is 20.2. The highest BCUT2D eigenvalue weighted by atomic mass is 16.5. The third-order valence-corrected chi connectivity index (χ3v) is 7.30. The number of carbonyl (C=O) groups excluding carboxylic acids is 2. The summed E-state index contributed by atoms with van der Waals surface area (Å²) in [6.07, 6.45) is 10.9. The Morgan fingerprint density at radius 1 is 1.10 bits per heavy atom. The molecule has 3 aliphatic rings. The van der Waals surface area contributed by atoms with Gasteiger partial charge in [0.25, 0.3) is 0 Å². The molecule has 1 amide bonds. The van der Waals surface area contributed by atoms with Crippen LogP contribution in [0.3, 0.4) is 0 Å². The molecule has 1 saturated heterocycles. The first-order valence-electron chi connectivity index (χ1n) is 11.3. The molecule has 1 aromatic carbocycles. The third-order valence-electron chi connectivity index (χ3n) is 7.30. The maximum absolute atomic E-state index is 13.1. The maximum atomic E-state index is 13.1. The molecule has 29 heavy (non-hydrogen) atoms. The van der Waals surface area contributed by atoms with Crippen LogP contribution >= 0.6 is 0 Å². The number of aryl methyl sites for hydroxylation is 1. The molecule has 4 heteroatoms. The zero-order chi connectivity index (χ0) is 20.3. The van der Waals surface area contributed by atoms with E-state index in [1.807, 2.05) is 17.9 Å². The number of piperidine rings is 1. The van der Waals surface area contributed by atoms with Gasteiger partial charge in [0.05, 0.1) is 12.0 Å². The van der Waals surface area contributed by atoms with Crippen molar-refractivity contribution >= 4 is 11.9 Å². The largest absolute Gasteiger partial charge is 0.466 e. The van der Waals surface area contributed by atoms with E-state index < -0.39 is 5.41 Å². The molecule has 1 heterocycles. The van der Waals surface area contributed by atoms with Crippen LogP contribution in [-0.2, 0) is 20.7 Å². The van der Waals surface area contributed by atoms with Crippen LogP contribution in [0.1, 0.15) is 51.0 Å². The Morgan fingerprint density at radius 2 is 1.86 bits per heavy atom. The molecule has 0 radical (unpaired) electrons. The van der Waals surface area contributed by atoms with Crippen molar-refractivity contribution in [1.29, 1.82) is 0 Å². The van der Waals surface area contributed by atoms with E-state index in [9.17, 15) is 9.59 Å². The number of rotatable bonds is 7. The highest BCUT2D eigenvalue weighted by molar-refractivity contribution is 5.81. The average molecular weight is 396 g/mol. The molecule has 4 rings (SSSR count). The van der Waals surface area contributed by atoms with Crippen LogP contribution in [0.5, 0.6) is 0 Å². The molecule has 0 aromatic heterocycles. The van der Waals surface area contributed by atoms with E-state index in [4.69, 9.17) is 4.74 Å². The van der Waals surface area contributed by atoms with Crippen LogP contribution < -0.4 is 0 Å². The van der Waals surface area contributed by atoms with Crippen molar-refractivity contribution < 1.29 is 14.3 Å². The molecule has 1 saturated carbocycles. The molecule has 0 unspecified atom stereocenters. The van der Waals surface area contributed by atoms with Crippen molar-refractivity contribution in [2.75, 3.05) is 19.7 Å². The van der Waals surface area contributed by atoms with E-state index in [0.717, 1.165) is 44.9 Å². The number of hydrogen-bond donors (Lipinski definition) is 0. The first-order chi connectivity index (χ1) is 14.1. The summed E-state index contributed by atoms with van der Waals surface area (Å²) in [7, 11) is 0. The van der Waals surface area contributed by atoms with Crippen LogP contribution in [-0.4, -0.2) is 36.5 Å². The minimum absolute atomic E-state index is 0.0667. The SMILES string of the molecule is CCOC(=O)C1(CCCc2ccccc2)CCN(C(=O)[C@@H]2C[C@@H]3C=C[C@H]2C3)CC1. The molecule has 2 fully saturated rings. The highest BCUT2D eigenvalue weighted by Crippen LogP contribution is 2.45. The summed E-state index contributed by atoms with van der Waals surface area (Å²) in [6, 6.07) is 10.4. The van der Waals surface area contributed by atoms with E-state index in [2.05, 4.69) is 36.4 Å². The van der Waals surface area contributed by atoms with E-state index in [1.165, 1.54) is 5.56 Å². The van der Waals surface area contributed by atoms with Gasteiger partial charge in [0, 0.05) is 19.0 Å². The number of likely N-dealkylation sites (tertiary alicyclic amines) is 1. The second-order valence-electron chi connectivity index (χ2n) is 9.05. The first-order valence-corrected chi connectivity index (χ1v) is 11.3. The molecule has 2 bridgehead atoms. The average Bonchev–Trinajstić information content (AvgIpc) is 3.38. The van der Waals surface area contributed by atoms with Gasteiger partial charge in [-0.3, -0.25) is 9.59 Å². The topological polar surface area (TPSA) is 46.6 Å². The van der Waals surface area contributed by atoms with Crippen LogP contribution in [0.15, 0.2) is 42.5 Å². The van der Waals surface area contributed by atoms with E-state index in [0.29, 0.717) is 37.4 Å². The fraction of sp³-hybridized carbons (Fsp3) is 0.600. The van der Waals surface area contributed by atoms with Crippen molar-refractivity contribution in [3.63, 3.8) is 0 Å². The smallest absolute Gasteiger partial charge is 0.312 e. The molecule has 3 atom stereocenters. The van der Waals surface area contributed by atoms with Crippen molar-refractivity contribution in [3.8, 4) is 0 Å². The van der Waals surface area contributed by atoms with E-state index in [1.54, 1.807) is 0 Å². The molecule has 2 aliphatic carbocycles. The Bertz CT molecular complexity index is 749. The lowest BCUT2D eigenvalue weighted by Crippen LogP contribution is -2.49. The van der Waals surface area contributed by atoms with Crippen molar-refractivity contribution in [2.45, 2.75) is 51.9 Å². The summed E-state index contributed by atoms with van der Waals surface area (Å²) in [5.41, 5.74) is 0.874. The molecule has 156 valence electrons. The van der Waals surface area contributed by atoms with Gasteiger partial charge in [0.1, 0.15) is 0 Å². The lowest BCUT2D eigenvalue weighted by molar-refractivity contribution is -0.161. The Balaban J connectivity index is 1.36. The minimum Gasteiger partial charge on any atom is -0.466 e. The molecule has 4 nitrogen and oxygen atoms in total. The van der Waals surface area contributed by atoms with Crippen molar-refractivity contribution in [3.05, 3.63) is 48.0 Å². The summed E-state index contributed by atoms with van der Waals surface area (Å²) in [5, 5.41) is 0. The maximum Gasteiger partial charge on any atom is 0.312 e. The minimum atomic E-state index is -0.434. The predicted octanol–water partition coefficient (Wildman–Crippen LogP) is 4.39. The van der Waals surface area contributed by atoms with Crippen LogP contribution in [0.2, 0.25) is 0 Å². The van der Waals surface area contributed by atoms with Gasteiger partial charge >= 0.3 is 5.97 Å². The number of esters is 1. The standard InChI is InChI=1S/C25H33NO3/c1-2-29-24(28)25(12-6-9-19-7-4-3-5-8-19)13-15-26(16-14-25)23(27)22-18-20-10-11-21(22)17-20/h3-5,7-8,10-11,20-22H,2,6,9,12-18H2,1H3/t20-,21+,22-/m1/s1. The van der Waals surface area contributed by atoms with Crippen molar-refractivity contribution in [1.82, 2.24) is 4.90 Å². The second kappa shape index (κ2) is 8.73. The number of benzene rings is 1. The lowest BCUT2D eigenvalue weighted by atomic mass is 9.74. The summed E-state index contributed by atoms with van der Waals surface area (Å²) >= 11 is 0. The zero-order valence-corrected chi connectivity index (χ0v) is 17.5. The summed E-state index contributed by atoms with van der Waals surface area (Å²) in [4.78, 5) is 28.0. The normalized spacial score (nSPS) is 27.2. The molecular formula is C25H33NO3. The van der Waals surface area contributed by atoms with Gasteiger partial charge in [-0.15, -0.1) is 0 Å². The Morgan fingerprint density at radius 3 is 2.48 bits per heavy atom. The summed E-state index contributed by atoms with van der Waals surface area (Å²) in [5.74, 6) is 1.45. The second-order valence-corrected chi connectivity index (χ2v) is 9.05. The molecule has 1 aliphatic heterocycles.